The van der Waals surface area contributed by atoms with Crippen LogP contribution in [0.25, 0.3) is 0 Å². The van der Waals surface area contributed by atoms with Gasteiger partial charge in [0, 0.05) is 25.2 Å². The van der Waals surface area contributed by atoms with Crippen LogP contribution in [0.3, 0.4) is 0 Å². The van der Waals surface area contributed by atoms with Gasteiger partial charge in [-0.25, -0.2) is 4.79 Å². The van der Waals surface area contributed by atoms with Gasteiger partial charge < -0.3 is 16.0 Å². The molecule has 2 fully saturated rings. The largest absolute Gasteiger partial charge is 0.335 e. The second kappa shape index (κ2) is 4.84. The van der Waals surface area contributed by atoms with Crippen LogP contribution < -0.4 is 11.1 Å². The number of nitrogens with two attached hydrogens (primary N) is 1. The zero-order chi connectivity index (χ0) is 10.7. The highest BCUT2D eigenvalue weighted by Crippen LogP contribution is 2.18. The van der Waals surface area contributed by atoms with Gasteiger partial charge in [-0.2, -0.15) is 0 Å². The highest BCUT2D eigenvalue weighted by atomic mass is 16.2. The maximum Gasteiger partial charge on any atom is 0.317 e. The van der Waals surface area contributed by atoms with Crippen molar-refractivity contribution in [2.45, 2.75) is 50.6 Å². The number of carbonyl (C=O) groups excluding carboxylic acids is 1. The van der Waals surface area contributed by atoms with Crippen molar-refractivity contribution in [3.63, 3.8) is 0 Å². The molecule has 4 nitrogen and oxygen atoms in total. The smallest absolute Gasteiger partial charge is 0.317 e. The van der Waals surface area contributed by atoms with Crippen molar-refractivity contribution in [2.75, 3.05) is 13.1 Å². The average molecular weight is 211 g/mol. The van der Waals surface area contributed by atoms with E-state index in [9.17, 15) is 4.79 Å². The minimum Gasteiger partial charge on any atom is -0.335 e. The van der Waals surface area contributed by atoms with Crippen molar-refractivity contribution in [1.29, 1.82) is 0 Å². The summed E-state index contributed by atoms with van der Waals surface area (Å²) >= 11 is 0. The second-order valence-electron chi connectivity index (χ2n) is 4.78. The van der Waals surface area contributed by atoms with Crippen molar-refractivity contribution in [3.05, 3.63) is 0 Å². The maximum absolute atomic E-state index is 11.8. The third-order valence-corrected chi connectivity index (χ3v) is 3.44. The van der Waals surface area contributed by atoms with Crippen LogP contribution in [0.1, 0.15) is 38.5 Å². The van der Waals surface area contributed by atoms with Crippen LogP contribution in [0.4, 0.5) is 4.79 Å². The van der Waals surface area contributed by atoms with Gasteiger partial charge in [-0.15, -0.1) is 0 Å². The standard InChI is InChI=1S/C11H21N3O/c12-9-6-7-14(8-9)11(15)13-10-4-2-1-3-5-10/h9-10H,1-8,12H2,(H,13,15). The Morgan fingerprint density at radius 3 is 2.53 bits per heavy atom. The number of amides is 2. The molecule has 1 aliphatic heterocycles. The molecule has 0 aromatic carbocycles. The Hall–Kier alpha value is -0.770. The first-order chi connectivity index (χ1) is 7.25. The zero-order valence-corrected chi connectivity index (χ0v) is 9.24. The Bertz CT molecular complexity index is 226. The van der Waals surface area contributed by atoms with E-state index in [-0.39, 0.29) is 12.1 Å². The first-order valence-corrected chi connectivity index (χ1v) is 6.07. The fraction of sp³-hybridized carbons (Fsp3) is 0.909. The molecule has 15 heavy (non-hydrogen) atoms. The summed E-state index contributed by atoms with van der Waals surface area (Å²) in [7, 11) is 0. The van der Waals surface area contributed by atoms with Crippen LogP contribution in [0.5, 0.6) is 0 Å². The summed E-state index contributed by atoms with van der Waals surface area (Å²) in [6, 6.07) is 0.681. The Morgan fingerprint density at radius 1 is 1.20 bits per heavy atom. The molecule has 1 heterocycles. The lowest BCUT2D eigenvalue weighted by atomic mass is 9.96. The molecule has 1 saturated carbocycles. The van der Waals surface area contributed by atoms with Crippen LogP contribution >= 0.6 is 0 Å². The lowest BCUT2D eigenvalue weighted by Gasteiger charge is -2.25. The number of nitrogens with one attached hydrogen (secondary N) is 1. The summed E-state index contributed by atoms with van der Waals surface area (Å²) in [4.78, 5) is 13.7. The number of rotatable bonds is 1. The third-order valence-electron chi connectivity index (χ3n) is 3.44. The molecule has 1 aliphatic carbocycles. The van der Waals surface area contributed by atoms with Crippen molar-refractivity contribution < 1.29 is 4.79 Å². The van der Waals surface area contributed by atoms with Crippen LogP contribution in [0, 0.1) is 0 Å². The van der Waals surface area contributed by atoms with Gasteiger partial charge in [-0.05, 0) is 19.3 Å². The molecular formula is C11H21N3O. The molecule has 1 saturated heterocycles. The Morgan fingerprint density at radius 2 is 1.93 bits per heavy atom. The van der Waals surface area contributed by atoms with Gasteiger partial charge >= 0.3 is 6.03 Å². The van der Waals surface area contributed by atoms with Crippen molar-refractivity contribution >= 4 is 6.03 Å². The van der Waals surface area contributed by atoms with Crippen LogP contribution in [-0.4, -0.2) is 36.1 Å². The van der Waals surface area contributed by atoms with E-state index in [0.29, 0.717) is 6.04 Å². The minimum atomic E-state index is 0.0925. The highest BCUT2D eigenvalue weighted by molar-refractivity contribution is 5.74. The number of hydrogen-bond acceptors (Lipinski definition) is 2. The van der Waals surface area contributed by atoms with E-state index in [1.807, 2.05) is 4.90 Å². The first kappa shape index (κ1) is 10.7. The molecular weight excluding hydrogens is 190 g/mol. The number of hydrogen-bond donors (Lipinski definition) is 2. The molecule has 0 aromatic heterocycles. The van der Waals surface area contributed by atoms with Crippen molar-refractivity contribution in [2.24, 2.45) is 5.73 Å². The second-order valence-corrected chi connectivity index (χ2v) is 4.78. The van der Waals surface area contributed by atoms with Gasteiger partial charge in [-0.1, -0.05) is 19.3 Å². The van der Waals surface area contributed by atoms with Gasteiger partial charge in [0.05, 0.1) is 0 Å². The van der Waals surface area contributed by atoms with E-state index in [1.165, 1.54) is 19.3 Å². The summed E-state index contributed by atoms with van der Waals surface area (Å²) in [5, 5.41) is 3.11. The SMILES string of the molecule is NC1CCN(C(=O)NC2CCCCC2)C1. The van der Waals surface area contributed by atoms with Crippen molar-refractivity contribution in [3.8, 4) is 0 Å². The monoisotopic (exact) mass is 211 g/mol. The maximum atomic E-state index is 11.8. The van der Waals surface area contributed by atoms with Gasteiger partial charge in [-0.3, -0.25) is 0 Å². The molecule has 3 N–H and O–H groups in total. The first-order valence-electron chi connectivity index (χ1n) is 6.07. The van der Waals surface area contributed by atoms with E-state index < -0.39 is 0 Å². The van der Waals surface area contributed by atoms with E-state index in [4.69, 9.17) is 5.73 Å². The van der Waals surface area contributed by atoms with Gasteiger partial charge in [0.25, 0.3) is 0 Å². The Kier molecular flexibility index (Phi) is 3.46. The fourth-order valence-corrected chi connectivity index (χ4v) is 2.48. The Labute approximate surface area is 91.2 Å². The van der Waals surface area contributed by atoms with Crippen LogP contribution in [-0.2, 0) is 0 Å². The summed E-state index contributed by atoms with van der Waals surface area (Å²) in [6.45, 7) is 1.54. The molecule has 2 amide bonds. The Balaban J connectivity index is 1.76. The molecule has 0 bridgehead atoms. The summed E-state index contributed by atoms with van der Waals surface area (Å²) in [5.41, 5.74) is 5.77. The molecule has 0 radical (unpaired) electrons. The minimum absolute atomic E-state index is 0.0925. The molecule has 1 unspecified atom stereocenters. The molecule has 1 atom stereocenters. The normalized spacial score (nSPS) is 28.1. The highest BCUT2D eigenvalue weighted by Gasteiger charge is 2.25. The summed E-state index contributed by atoms with van der Waals surface area (Å²) in [6.07, 6.45) is 7.06. The van der Waals surface area contributed by atoms with Gasteiger partial charge in [0.2, 0.25) is 0 Å². The zero-order valence-electron chi connectivity index (χ0n) is 9.24. The lowest BCUT2D eigenvalue weighted by molar-refractivity contribution is 0.200. The van der Waals surface area contributed by atoms with Gasteiger partial charge in [0.1, 0.15) is 0 Å². The van der Waals surface area contributed by atoms with E-state index >= 15 is 0 Å². The molecule has 86 valence electrons. The van der Waals surface area contributed by atoms with E-state index in [0.717, 1.165) is 32.4 Å². The number of nitrogens with zero attached hydrogens (tertiary/aromatic N) is 1. The molecule has 0 aromatic rings. The third kappa shape index (κ3) is 2.84. The summed E-state index contributed by atoms with van der Waals surface area (Å²) in [5.74, 6) is 0. The van der Waals surface area contributed by atoms with E-state index in [1.54, 1.807) is 0 Å². The topological polar surface area (TPSA) is 58.4 Å². The predicted octanol–water partition coefficient (Wildman–Crippen LogP) is 1.06. The predicted molar refractivity (Wildman–Crippen MR) is 59.6 cm³/mol. The van der Waals surface area contributed by atoms with Gasteiger partial charge in [0.15, 0.2) is 0 Å². The van der Waals surface area contributed by atoms with Crippen molar-refractivity contribution in [1.82, 2.24) is 10.2 Å². The average Bonchev–Trinajstić information content (AvgIpc) is 2.66. The quantitative estimate of drug-likeness (QED) is 0.681. The number of carbonyl (C=O) groups is 1. The molecule has 2 rings (SSSR count). The molecule has 4 heteroatoms. The van der Waals surface area contributed by atoms with Crippen LogP contribution in [0.2, 0.25) is 0 Å². The number of likely N-dealkylation sites (tertiary alicyclic amines) is 1. The van der Waals surface area contributed by atoms with Crippen LogP contribution in [0.15, 0.2) is 0 Å². The summed E-state index contributed by atoms with van der Waals surface area (Å²) < 4.78 is 0. The fourth-order valence-electron chi connectivity index (χ4n) is 2.48. The lowest BCUT2D eigenvalue weighted by Crippen LogP contribution is -2.45. The van der Waals surface area contributed by atoms with E-state index in [2.05, 4.69) is 5.32 Å². The molecule has 0 spiro atoms. The number of urea groups is 1. The molecule has 2 aliphatic rings.